The molecule has 0 spiro atoms. The first-order valence-electron chi connectivity index (χ1n) is 5.84. The quantitative estimate of drug-likeness (QED) is 0.886. The summed E-state index contributed by atoms with van der Waals surface area (Å²) in [6.45, 7) is 0.181. The lowest BCUT2D eigenvalue weighted by atomic mass is 9.69. The zero-order valence-corrected chi connectivity index (χ0v) is 10.00. The van der Waals surface area contributed by atoms with Gasteiger partial charge < -0.3 is 10.4 Å². The summed E-state index contributed by atoms with van der Waals surface area (Å²) in [6.07, 6.45) is -1.67. The number of nitrogens with zero attached hydrogens (tertiary/aromatic N) is 1. The average molecular weight is 274 g/mol. The molecule has 0 aromatic carbocycles. The molecule has 2 rings (SSSR count). The smallest absolute Gasteiger partial charge is 0.417 e. The maximum absolute atomic E-state index is 12.3. The molecular formula is C12H13F3N2O2. The van der Waals surface area contributed by atoms with E-state index in [0.29, 0.717) is 12.8 Å². The molecule has 1 aliphatic rings. The molecule has 1 saturated carbocycles. The molecule has 7 heteroatoms. The van der Waals surface area contributed by atoms with Crippen LogP contribution in [0.5, 0.6) is 0 Å². The van der Waals surface area contributed by atoms with Gasteiger partial charge in [0.25, 0.3) is 0 Å². The molecule has 0 aliphatic heterocycles. The van der Waals surface area contributed by atoms with E-state index >= 15 is 0 Å². The van der Waals surface area contributed by atoms with Gasteiger partial charge in [0, 0.05) is 12.7 Å². The van der Waals surface area contributed by atoms with E-state index in [2.05, 4.69) is 10.3 Å². The third kappa shape index (κ3) is 2.80. The predicted molar refractivity (Wildman–Crippen MR) is 61.6 cm³/mol. The average Bonchev–Trinajstić information content (AvgIpc) is 2.26. The van der Waals surface area contributed by atoms with Crippen molar-refractivity contribution in [1.82, 2.24) is 4.98 Å². The lowest BCUT2D eigenvalue weighted by Crippen LogP contribution is -2.43. The molecule has 104 valence electrons. The highest BCUT2D eigenvalue weighted by molar-refractivity contribution is 5.76. The number of aliphatic carboxylic acids is 1. The molecule has 0 bridgehead atoms. The van der Waals surface area contributed by atoms with Gasteiger partial charge in [-0.2, -0.15) is 13.2 Å². The van der Waals surface area contributed by atoms with E-state index in [0.717, 1.165) is 18.7 Å². The molecule has 4 nitrogen and oxygen atoms in total. The Labute approximate surface area is 107 Å². The summed E-state index contributed by atoms with van der Waals surface area (Å²) in [4.78, 5) is 14.7. The van der Waals surface area contributed by atoms with Gasteiger partial charge in [-0.05, 0) is 25.0 Å². The van der Waals surface area contributed by atoms with Gasteiger partial charge in [-0.25, -0.2) is 4.98 Å². The van der Waals surface area contributed by atoms with Crippen LogP contribution in [0.25, 0.3) is 0 Å². The van der Waals surface area contributed by atoms with Gasteiger partial charge in [-0.15, -0.1) is 0 Å². The van der Waals surface area contributed by atoms with Crippen LogP contribution in [0.4, 0.5) is 19.0 Å². The first-order chi connectivity index (χ1) is 8.83. The first-order valence-corrected chi connectivity index (χ1v) is 5.84. The Morgan fingerprint density at radius 2 is 2.11 bits per heavy atom. The third-order valence-corrected chi connectivity index (χ3v) is 3.46. The van der Waals surface area contributed by atoms with Crippen LogP contribution in [0, 0.1) is 5.41 Å². The highest BCUT2D eigenvalue weighted by Gasteiger charge is 2.44. The standard InChI is InChI=1S/C12H13F3N2O2/c13-12(14,15)8-2-3-9(16-6-8)17-7-11(10(18)19)4-1-5-11/h2-3,6H,1,4-5,7H2,(H,16,17)(H,18,19). The number of rotatable bonds is 4. The zero-order valence-electron chi connectivity index (χ0n) is 10.00. The van der Waals surface area contributed by atoms with Crippen molar-refractivity contribution >= 4 is 11.8 Å². The minimum absolute atomic E-state index is 0.181. The Hall–Kier alpha value is -1.79. The summed E-state index contributed by atoms with van der Waals surface area (Å²) >= 11 is 0. The van der Waals surface area contributed by atoms with Crippen molar-refractivity contribution < 1.29 is 23.1 Å². The van der Waals surface area contributed by atoms with Crippen molar-refractivity contribution in [3.8, 4) is 0 Å². The maximum Gasteiger partial charge on any atom is 0.417 e. The summed E-state index contributed by atoms with van der Waals surface area (Å²) < 4.78 is 37.0. The van der Waals surface area contributed by atoms with Crippen molar-refractivity contribution in [3.63, 3.8) is 0 Å². The van der Waals surface area contributed by atoms with Crippen molar-refractivity contribution in [1.29, 1.82) is 0 Å². The molecule has 1 heterocycles. The van der Waals surface area contributed by atoms with Crippen LogP contribution in [0.3, 0.4) is 0 Å². The number of alkyl halides is 3. The number of carboxylic acids is 1. The van der Waals surface area contributed by atoms with Gasteiger partial charge in [-0.1, -0.05) is 6.42 Å². The number of pyridine rings is 1. The lowest BCUT2D eigenvalue weighted by molar-refractivity contribution is -0.153. The summed E-state index contributed by atoms with van der Waals surface area (Å²) in [5.74, 6) is -0.626. The van der Waals surface area contributed by atoms with Crippen LogP contribution in [-0.4, -0.2) is 22.6 Å². The van der Waals surface area contributed by atoms with Crippen molar-refractivity contribution in [2.45, 2.75) is 25.4 Å². The number of halogens is 3. The van der Waals surface area contributed by atoms with E-state index in [1.807, 2.05) is 0 Å². The number of carbonyl (C=O) groups is 1. The molecule has 0 amide bonds. The maximum atomic E-state index is 12.3. The summed E-state index contributed by atoms with van der Waals surface area (Å²) in [5.41, 5.74) is -1.63. The summed E-state index contributed by atoms with van der Waals surface area (Å²) in [6, 6.07) is 2.13. The minimum atomic E-state index is -4.41. The Morgan fingerprint density at radius 1 is 1.42 bits per heavy atom. The Bertz CT molecular complexity index is 467. The molecule has 19 heavy (non-hydrogen) atoms. The molecule has 0 radical (unpaired) electrons. The summed E-state index contributed by atoms with van der Waals surface area (Å²) in [5, 5.41) is 11.9. The van der Waals surface area contributed by atoms with Gasteiger partial charge in [0.2, 0.25) is 0 Å². The molecule has 0 atom stereocenters. The van der Waals surface area contributed by atoms with Gasteiger partial charge in [0.1, 0.15) is 5.82 Å². The van der Waals surface area contributed by atoms with Crippen LogP contribution in [0.15, 0.2) is 18.3 Å². The van der Waals surface area contributed by atoms with E-state index < -0.39 is 23.1 Å². The normalized spacial score (nSPS) is 17.6. The second kappa shape index (κ2) is 4.71. The SMILES string of the molecule is O=C(O)C1(CNc2ccc(C(F)(F)F)cn2)CCC1. The largest absolute Gasteiger partial charge is 0.481 e. The van der Waals surface area contributed by atoms with Crippen LogP contribution >= 0.6 is 0 Å². The lowest BCUT2D eigenvalue weighted by Gasteiger charge is -2.37. The molecule has 0 unspecified atom stereocenters. The van der Waals surface area contributed by atoms with E-state index in [9.17, 15) is 18.0 Å². The predicted octanol–water partition coefficient (Wildman–Crippen LogP) is 2.77. The Balaban J connectivity index is 1.99. The highest BCUT2D eigenvalue weighted by Crippen LogP contribution is 2.41. The number of nitrogens with one attached hydrogen (secondary N) is 1. The van der Waals surface area contributed by atoms with E-state index in [1.165, 1.54) is 6.07 Å². The molecule has 1 aromatic heterocycles. The summed E-state index contributed by atoms with van der Waals surface area (Å²) in [7, 11) is 0. The number of carboxylic acid groups (broad SMARTS) is 1. The second-order valence-corrected chi connectivity index (χ2v) is 4.72. The van der Waals surface area contributed by atoms with Crippen LogP contribution in [-0.2, 0) is 11.0 Å². The third-order valence-electron chi connectivity index (χ3n) is 3.46. The van der Waals surface area contributed by atoms with Crippen molar-refractivity contribution in [2.24, 2.45) is 5.41 Å². The number of anilines is 1. The molecular weight excluding hydrogens is 261 g/mol. The van der Waals surface area contributed by atoms with E-state index in [4.69, 9.17) is 5.11 Å². The van der Waals surface area contributed by atoms with Crippen molar-refractivity contribution in [2.75, 3.05) is 11.9 Å². The first kappa shape index (κ1) is 13.6. The molecule has 0 saturated heterocycles. The minimum Gasteiger partial charge on any atom is -0.481 e. The van der Waals surface area contributed by atoms with Gasteiger partial charge in [0.15, 0.2) is 0 Å². The van der Waals surface area contributed by atoms with Gasteiger partial charge in [0.05, 0.1) is 11.0 Å². The molecule has 2 N–H and O–H groups in total. The Kier molecular flexibility index (Phi) is 3.38. The highest BCUT2D eigenvalue weighted by atomic mass is 19.4. The second-order valence-electron chi connectivity index (χ2n) is 4.72. The fourth-order valence-corrected chi connectivity index (χ4v) is 2.00. The Morgan fingerprint density at radius 3 is 2.47 bits per heavy atom. The van der Waals surface area contributed by atoms with E-state index in [1.54, 1.807) is 0 Å². The number of hydrogen-bond donors (Lipinski definition) is 2. The molecule has 1 aromatic rings. The topological polar surface area (TPSA) is 62.2 Å². The molecule has 1 fully saturated rings. The van der Waals surface area contributed by atoms with Crippen molar-refractivity contribution in [3.05, 3.63) is 23.9 Å². The fraction of sp³-hybridized carbons (Fsp3) is 0.500. The van der Waals surface area contributed by atoms with Crippen LogP contribution < -0.4 is 5.32 Å². The van der Waals surface area contributed by atoms with Crippen LogP contribution in [0.2, 0.25) is 0 Å². The fourth-order valence-electron chi connectivity index (χ4n) is 2.00. The monoisotopic (exact) mass is 274 g/mol. The van der Waals surface area contributed by atoms with E-state index in [-0.39, 0.29) is 12.4 Å². The zero-order chi connectivity index (χ0) is 14.1. The van der Waals surface area contributed by atoms with Gasteiger partial charge in [-0.3, -0.25) is 4.79 Å². The number of aromatic nitrogens is 1. The van der Waals surface area contributed by atoms with Crippen LogP contribution in [0.1, 0.15) is 24.8 Å². The number of hydrogen-bond acceptors (Lipinski definition) is 3. The molecule has 1 aliphatic carbocycles. The van der Waals surface area contributed by atoms with Gasteiger partial charge >= 0.3 is 12.1 Å².